The van der Waals surface area contributed by atoms with Crippen molar-refractivity contribution in [3.05, 3.63) is 54.1 Å². The van der Waals surface area contributed by atoms with Crippen LogP contribution in [0.3, 0.4) is 0 Å². The molecule has 1 heterocycles. The third kappa shape index (κ3) is 3.30. The highest BCUT2D eigenvalue weighted by atomic mass is 15.2. The first-order valence-electron chi connectivity index (χ1n) is 7.92. The number of aromatic nitrogens is 2. The molecule has 0 saturated carbocycles. The minimum atomic E-state index is 0.401. The van der Waals surface area contributed by atoms with Crippen LogP contribution in [0.4, 0.5) is 0 Å². The van der Waals surface area contributed by atoms with E-state index in [1.807, 2.05) is 0 Å². The Morgan fingerprint density at radius 3 is 2.50 bits per heavy atom. The lowest BCUT2D eigenvalue weighted by atomic mass is 10.1. The molecular weight excluding hydrogens is 244 g/mol. The summed E-state index contributed by atoms with van der Waals surface area (Å²) in [7, 11) is 0. The van der Waals surface area contributed by atoms with Gasteiger partial charge in [-0.15, -0.1) is 0 Å². The average molecular weight is 271 g/mol. The van der Waals surface area contributed by atoms with E-state index in [1.165, 1.54) is 30.7 Å². The Balaban J connectivity index is 2.19. The summed E-state index contributed by atoms with van der Waals surface area (Å²) in [6.45, 7) is 7.93. The number of nitrogens with zero attached hydrogens (tertiary/aromatic N) is 2. The lowest BCUT2D eigenvalue weighted by molar-refractivity contribution is -0.717. The third-order valence-electron chi connectivity index (χ3n) is 4.05. The molecule has 2 rings (SSSR count). The minimum absolute atomic E-state index is 0.401. The Morgan fingerprint density at radius 2 is 1.85 bits per heavy atom. The standard InChI is InChI=1S/C18H27N2/c1-4-6-10-13-19-14-15-20(18(19)5-2)16(3)17-11-8-7-9-12-17/h7-9,11-12,14-16H,4-6,10,13H2,1-3H3/q+1/t16-/m1/s1. The molecule has 2 aromatic rings. The molecule has 1 aromatic heterocycles. The van der Waals surface area contributed by atoms with Gasteiger partial charge in [0, 0.05) is 6.42 Å². The van der Waals surface area contributed by atoms with Gasteiger partial charge in [0.05, 0.1) is 6.54 Å². The highest BCUT2D eigenvalue weighted by Gasteiger charge is 2.20. The summed E-state index contributed by atoms with van der Waals surface area (Å²) in [6.07, 6.45) is 9.43. The van der Waals surface area contributed by atoms with E-state index in [4.69, 9.17) is 0 Å². The quantitative estimate of drug-likeness (QED) is 0.529. The fourth-order valence-corrected chi connectivity index (χ4v) is 2.84. The van der Waals surface area contributed by atoms with Crippen molar-refractivity contribution >= 4 is 0 Å². The first kappa shape index (κ1) is 14.8. The van der Waals surface area contributed by atoms with Crippen LogP contribution in [0, 0.1) is 0 Å². The molecule has 2 heteroatoms. The molecule has 0 amide bonds. The molecule has 0 radical (unpaired) electrons. The second-order valence-electron chi connectivity index (χ2n) is 5.46. The number of imidazole rings is 1. The first-order chi connectivity index (χ1) is 9.77. The van der Waals surface area contributed by atoms with Crippen LogP contribution in [0.25, 0.3) is 0 Å². The SMILES string of the molecule is CCCCCn1cc[n+]([C@H](C)c2ccccc2)c1CC. The lowest BCUT2D eigenvalue weighted by Gasteiger charge is -2.11. The molecule has 20 heavy (non-hydrogen) atoms. The van der Waals surface area contributed by atoms with Crippen molar-refractivity contribution in [1.82, 2.24) is 4.57 Å². The van der Waals surface area contributed by atoms with Crippen molar-refractivity contribution in [3.63, 3.8) is 0 Å². The fraction of sp³-hybridized carbons (Fsp3) is 0.500. The van der Waals surface area contributed by atoms with E-state index in [1.54, 1.807) is 0 Å². The Labute approximate surface area is 123 Å². The number of benzene rings is 1. The molecule has 0 N–H and O–H groups in total. The molecule has 2 nitrogen and oxygen atoms in total. The van der Waals surface area contributed by atoms with Crippen LogP contribution in [0.15, 0.2) is 42.7 Å². The maximum atomic E-state index is 2.43. The van der Waals surface area contributed by atoms with Gasteiger partial charge in [0.25, 0.3) is 5.82 Å². The van der Waals surface area contributed by atoms with Crippen LogP contribution in [0.1, 0.15) is 57.5 Å². The predicted molar refractivity (Wildman–Crippen MR) is 83.8 cm³/mol. The van der Waals surface area contributed by atoms with E-state index < -0.39 is 0 Å². The van der Waals surface area contributed by atoms with E-state index in [2.05, 4.69) is 72.6 Å². The number of aryl methyl sites for hydroxylation is 1. The average Bonchev–Trinajstić information content (AvgIpc) is 2.90. The summed E-state index contributed by atoms with van der Waals surface area (Å²) in [4.78, 5) is 0. The molecule has 0 bridgehead atoms. The van der Waals surface area contributed by atoms with Crippen LogP contribution in [-0.4, -0.2) is 4.57 Å². The van der Waals surface area contributed by atoms with Crippen LogP contribution in [0.2, 0.25) is 0 Å². The van der Waals surface area contributed by atoms with Gasteiger partial charge in [0.1, 0.15) is 18.4 Å². The predicted octanol–water partition coefficient (Wildman–Crippen LogP) is 4.14. The van der Waals surface area contributed by atoms with Crippen LogP contribution in [0.5, 0.6) is 0 Å². The molecule has 1 atom stereocenters. The van der Waals surface area contributed by atoms with Crippen LogP contribution < -0.4 is 4.57 Å². The Bertz CT molecular complexity index is 513. The fourth-order valence-electron chi connectivity index (χ4n) is 2.84. The summed E-state index contributed by atoms with van der Waals surface area (Å²) in [5.74, 6) is 1.43. The summed E-state index contributed by atoms with van der Waals surface area (Å²) in [5, 5.41) is 0. The molecular formula is C18H27N2+. The summed E-state index contributed by atoms with van der Waals surface area (Å²) in [5.41, 5.74) is 1.37. The molecule has 0 spiro atoms. The monoisotopic (exact) mass is 271 g/mol. The Hall–Kier alpha value is -1.57. The first-order valence-corrected chi connectivity index (χ1v) is 7.92. The third-order valence-corrected chi connectivity index (χ3v) is 4.05. The second-order valence-corrected chi connectivity index (χ2v) is 5.46. The largest absolute Gasteiger partial charge is 0.256 e. The van der Waals surface area contributed by atoms with E-state index in [-0.39, 0.29) is 0 Å². The molecule has 0 aliphatic heterocycles. The van der Waals surface area contributed by atoms with Gasteiger partial charge in [-0.05, 0) is 25.3 Å². The maximum absolute atomic E-state index is 2.43. The molecule has 1 aromatic carbocycles. The van der Waals surface area contributed by atoms with Gasteiger partial charge in [-0.2, -0.15) is 0 Å². The molecule has 0 aliphatic carbocycles. The summed E-state index contributed by atoms with van der Waals surface area (Å²) in [6, 6.07) is 11.2. The smallest absolute Gasteiger partial charge is 0.234 e. The zero-order valence-electron chi connectivity index (χ0n) is 13.0. The lowest BCUT2D eigenvalue weighted by Crippen LogP contribution is -2.41. The highest BCUT2D eigenvalue weighted by Crippen LogP contribution is 2.13. The number of hydrogen-bond donors (Lipinski definition) is 0. The van der Waals surface area contributed by atoms with E-state index in [0.29, 0.717) is 6.04 Å². The number of unbranched alkanes of at least 4 members (excludes halogenated alkanes) is 2. The van der Waals surface area contributed by atoms with Crippen molar-refractivity contribution < 1.29 is 4.57 Å². The van der Waals surface area contributed by atoms with Gasteiger partial charge in [0.15, 0.2) is 0 Å². The zero-order valence-corrected chi connectivity index (χ0v) is 13.0. The number of rotatable bonds is 7. The van der Waals surface area contributed by atoms with E-state index >= 15 is 0 Å². The normalized spacial score (nSPS) is 12.6. The van der Waals surface area contributed by atoms with Crippen LogP contribution in [-0.2, 0) is 13.0 Å². The molecule has 108 valence electrons. The van der Waals surface area contributed by atoms with E-state index in [0.717, 1.165) is 13.0 Å². The van der Waals surface area contributed by atoms with Crippen molar-refractivity contribution in [1.29, 1.82) is 0 Å². The van der Waals surface area contributed by atoms with E-state index in [9.17, 15) is 0 Å². The topological polar surface area (TPSA) is 8.81 Å². The van der Waals surface area contributed by atoms with Gasteiger partial charge in [-0.3, -0.25) is 0 Å². The van der Waals surface area contributed by atoms with Crippen molar-refractivity contribution in [2.75, 3.05) is 0 Å². The van der Waals surface area contributed by atoms with Gasteiger partial charge in [0.2, 0.25) is 0 Å². The molecule has 0 saturated heterocycles. The Kier molecular flexibility index (Phi) is 5.40. The Morgan fingerprint density at radius 1 is 1.10 bits per heavy atom. The zero-order chi connectivity index (χ0) is 14.4. The molecule has 0 unspecified atom stereocenters. The van der Waals surface area contributed by atoms with Gasteiger partial charge >= 0.3 is 0 Å². The molecule has 0 fully saturated rings. The van der Waals surface area contributed by atoms with Crippen molar-refractivity contribution in [2.24, 2.45) is 0 Å². The number of hydrogen-bond acceptors (Lipinski definition) is 0. The second kappa shape index (κ2) is 7.28. The highest BCUT2D eigenvalue weighted by molar-refractivity contribution is 5.16. The van der Waals surface area contributed by atoms with Crippen LogP contribution >= 0.6 is 0 Å². The molecule has 0 aliphatic rings. The van der Waals surface area contributed by atoms with Crippen molar-refractivity contribution in [2.45, 2.75) is 59.0 Å². The minimum Gasteiger partial charge on any atom is -0.234 e. The van der Waals surface area contributed by atoms with Gasteiger partial charge < -0.3 is 0 Å². The van der Waals surface area contributed by atoms with Crippen molar-refractivity contribution in [3.8, 4) is 0 Å². The van der Waals surface area contributed by atoms with Gasteiger partial charge in [-0.1, -0.05) is 50.6 Å². The summed E-state index contributed by atoms with van der Waals surface area (Å²) < 4.78 is 4.84. The van der Waals surface area contributed by atoms with Gasteiger partial charge in [-0.25, -0.2) is 9.13 Å². The maximum Gasteiger partial charge on any atom is 0.256 e. The summed E-state index contributed by atoms with van der Waals surface area (Å²) >= 11 is 0.